The topological polar surface area (TPSA) is 101 Å². The Kier molecular flexibility index (Phi) is 5.59. The fraction of sp³-hybridized carbons (Fsp3) is 0.389. The minimum Gasteiger partial charge on any atom is -0.495 e. The molecule has 1 N–H and O–H groups in total. The van der Waals surface area contributed by atoms with Crippen LogP contribution in [0.1, 0.15) is 23.8 Å². The number of benzene rings is 1. The van der Waals surface area contributed by atoms with Crippen LogP contribution >= 0.6 is 0 Å². The molecule has 1 saturated heterocycles. The van der Waals surface area contributed by atoms with E-state index in [2.05, 4.69) is 15.3 Å². The molecule has 1 unspecified atom stereocenters. The summed E-state index contributed by atoms with van der Waals surface area (Å²) in [5.74, 6) is 0.984. The van der Waals surface area contributed by atoms with Gasteiger partial charge in [-0.25, -0.2) is 18.4 Å². The molecule has 1 aliphatic rings. The van der Waals surface area contributed by atoms with Gasteiger partial charge in [0.25, 0.3) is 5.91 Å². The number of nitrogens with one attached hydrogen (secondary N) is 1. The number of anilines is 2. The summed E-state index contributed by atoms with van der Waals surface area (Å²) in [6.07, 6.45) is 1.88. The van der Waals surface area contributed by atoms with Crippen molar-refractivity contribution in [2.24, 2.45) is 0 Å². The minimum absolute atomic E-state index is 0.105. The number of methoxy groups -OCH3 is 1. The molecule has 2 aromatic rings. The van der Waals surface area contributed by atoms with Crippen LogP contribution in [-0.2, 0) is 9.84 Å². The van der Waals surface area contributed by atoms with Gasteiger partial charge in [-0.2, -0.15) is 0 Å². The third-order valence-electron chi connectivity index (χ3n) is 4.52. The zero-order chi connectivity index (χ0) is 19.4. The van der Waals surface area contributed by atoms with Crippen LogP contribution in [0.2, 0.25) is 0 Å². The molecule has 1 aromatic heterocycles. The average Bonchev–Trinajstić information content (AvgIpc) is 3.02. The summed E-state index contributed by atoms with van der Waals surface area (Å²) in [7, 11) is -1.48. The van der Waals surface area contributed by atoms with E-state index >= 15 is 0 Å². The molecule has 0 aliphatic carbocycles. The van der Waals surface area contributed by atoms with Crippen LogP contribution in [0.4, 0.5) is 11.5 Å². The molecule has 3 rings (SSSR count). The Morgan fingerprint density at radius 1 is 1.33 bits per heavy atom. The summed E-state index contributed by atoms with van der Waals surface area (Å²) < 4.78 is 28.8. The maximum atomic E-state index is 12.6. The molecular weight excluding hydrogens is 368 g/mol. The van der Waals surface area contributed by atoms with Gasteiger partial charge in [0.15, 0.2) is 9.84 Å². The number of carbonyl (C=O) groups excluding carboxylic acids is 1. The standard InChI is InChI=1S/C18H22N4O4S/c1-3-22(13-8-9-27(24,25)11-13)17-10-15(19-12-20-17)18(23)21-14-6-4-5-7-16(14)26-2/h4-7,10,12-13H,3,8-9,11H2,1-2H3,(H,21,23). The van der Waals surface area contributed by atoms with Gasteiger partial charge in [-0.05, 0) is 25.5 Å². The van der Waals surface area contributed by atoms with Crippen LogP contribution in [0.5, 0.6) is 5.75 Å². The Morgan fingerprint density at radius 2 is 2.11 bits per heavy atom. The molecule has 1 aromatic carbocycles. The fourth-order valence-electron chi connectivity index (χ4n) is 3.19. The third kappa shape index (κ3) is 4.36. The highest BCUT2D eigenvalue weighted by atomic mass is 32.2. The average molecular weight is 390 g/mol. The van der Waals surface area contributed by atoms with Gasteiger partial charge in [0, 0.05) is 18.7 Å². The molecule has 2 heterocycles. The van der Waals surface area contributed by atoms with Crippen molar-refractivity contribution in [2.45, 2.75) is 19.4 Å². The van der Waals surface area contributed by atoms with Crippen molar-refractivity contribution in [1.82, 2.24) is 9.97 Å². The molecular formula is C18H22N4O4S. The first-order valence-corrected chi connectivity index (χ1v) is 10.5. The van der Waals surface area contributed by atoms with Gasteiger partial charge < -0.3 is 15.0 Å². The summed E-state index contributed by atoms with van der Waals surface area (Å²) in [5, 5.41) is 2.78. The van der Waals surface area contributed by atoms with Gasteiger partial charge in [-0.3, -0.25) is 4.79 Å². The summed E-state index contributed by atoms with van der Waals surface area (Å²) in [6.45, 7) is 2.52. The highest BCUT2D eigenvalue weighted by Crippen LogP contribution is 2.25. The molecule has 0 spiro atoms. The smallest absolute Gasteiger partial charge is 0.274 e. The van der Waals surface area contributed by atoms with Crippen molar-refractivity contribution >= 4 is 27.2 Å². The molecule has 27 heavy (non-hydrogen) atoms. The Hall–Kier alpha value is -2.68. The highest BCUT2D eigenvalue weighted by Gasteiger charge is 2.32. The number of para-hydroxylation sites is 2. The second kappa shape index (κ2) is 7.91. The Morgan fingerprint density at radius 3 is 2.78 bits per heavy atom. The Balaban J connectivity index is 1.81. The van der Waals surface area contributed by atoms with Gasteiger partial charge >= 0.3 is 0 Å². The maximum Gasteiger partial charge on any atom is 0.274 e. The van der Waals surface area contributed by atoms with E-state index in [1.54, 1.807) is 24.3 Å². The summed E-state index contributed by atoms with van der Waals surface area (Å²) in [4.78, 5) is 22.8. The lowest BCUT2D eigenvalue weighted by Gasteiger charge is -2.27. The minimum atomic E-state index is -3.01. The normalized spacial score (nSPS) is 18.1. The lowest BCUT2D eigenvalue weighted by molar-refractivity contribution is 0.102. The van der Waals surface area contributed by atoms with Crippen molar-refractivity contribution in [3.05, 3.63) is 42.4 Å². The SMILES string of the molecule is CCN(c1cc(C(=O)Nc2ccccc2OC)ncn1)C1CCS(=O)(=O)C1. The monoisotopic (exact) mass is 390 g/mol. The van der Waals surface area contributed by atoms with E-state index in [0.29, 0.717) is 30.2 Å². The van der Waals surface area contributed by atoms with E-state index in [4.69, 9.17) is 4.74 Å². The van der Waals surface area contributed by atoms with Crippen LogP contribution < -0.4 is 15.0 Å². The Labute approximate surface area is 158 Å². The molecule has 0 saturated carbocycles. The van der Waals surface area contributed by atoms with Gasteiger partial charge in [-0.15, -0.1) is 0 Å². The number of ether oxygens (including phenoxy) is 1. The summed E-state index contributed by atoms with van der Waals surface area (Å²) in [6, 6.07) is 8.54. The highest BCUT2D eigenvalue weighted by molar-refractivity contribution is 7.91. The predicted octanol–water partition coefficient (Wildman–Crippen LogP) is 1.75. The predicted molar refractivity (Wildman–Crippen MR) is 103 cm³/mol. The van der Waals surface area contributed by atoms with E-state index in [-0.39, 0.29) is 23.2 Å². The molecule has 1 fully saturated rings. The largest absolute Gasteiger partial charge is 0.495 e. The number of hydrogen-bond acceptors (Lipinski definition) is 7. The zero-order valence-corrected chi connectivity index (χ0v) is 16.1. The number of sulfone groups is 1. The van der Waals surface area contributed by atoms with E-state index in [1.165, 1.54) is 13.4 Å². The second-order valence-electron chi connectivity index (χ2n) is 6.26. The number of rotatable bonds is 6. The van der Waals surface area contributed by atoms with E-state index < -0.39 is 15.7 Å². The molecule has 8 nitrogen and oxygen atoms in total. The second-order valence-corrected chi connectivity index (χ2v) is 8.49. The van der Waals surface area contributed by atoms with Gasteiger partial charge in [0.05, 0.1) is 24.3 Å². The zero-order valence-electron chi connectivity index (χ0n) is 15.3. The van der Waals surface area contributed by atoms with Crippen molar-refractivity contribution < 1.29 is 17.9 Å². The van der Waals surface area contributed by atoms with E-state index in [9.17, 15) is 13.2 Å². The molecule has 9 heteroatoms. The van der Waals surface area contributed by atoms with E-state index in [0.717, 1.165) is 0 Å². The quantitative estimate of drug-likeness (QED) is 0.802. The van der Waals surface area contributed by atoms with Crippen molar-refractivity contribution in [3.63, 3.8) is 0 Å². The van der Waals surface area contributed by atoms with Crippen molar-refractivity contribution in [2.75, 3.05) is 35.4 Å². The van der Waals surface area contributed by atoms with Crippen LogP contribution in [0, 0.1) is 0 Å². The van der Waals surface area contributed by atoms with Gasteiger partial charge in [-0.1, -0.05) is 12.1 Å². The van der Waals surface area contributed by atoms with Crippen LogP contribution in [0.25, 0.3) is 0 Å². The third-order valence-corrected chi connectivity index (χ3v) is 6.27. The fourth-order valence-corrected chi connectivity index (χ4v) is 4.92. The van der Waals surface area contributed by atoms with Gasteiger partial charge in [0.2, 0.25) is 0 Å². The van der Waals surface area contributed by atoms with Crippen LogP contribution in [0.15, 0.2) is 36.7 Å². The molecule has 0 radical (unpaired) electrons. The lowest BCUT2D eigenvalue weighted by atomic mass is 10.2. The van der Waals surface area contributed by atoms with Crippen LogP contribution in [0.3, 0.4) is 0 Å². The number of carbonyl (C=O) groups is 1. The molecule has 1 aliphatic heterocycles. The van der Waals surface area contributed by atoms with E-state index in [1.807, 2.05) is 17.9 Å². The molecule has 1 atom stereocenters. The molecule has 0 bridgehead atoms. The lowest BCUT2D eigenvalue weighted by Crippen LogP contribution is -2.37. The van der Waals surface area contributed by atoms with Crippen molar-refractivity contribution in [1.29, 1.82) is 0 Å². The number of amides is 1. The van der Waals surface area contributed by atoms with Gasteiger partial charge in [0.1, 0.15) is 23.6 Å². The van der Waals surface area contributed by atoms with Crippen LogP contribution in [-0.4, -0.2) is 55.5 Å². The van der Waals surface area contributed by atoms with Crippen molar-refractivity contribution in [3.8, 4) is 5.75 Å². The number of aromatic nitrogens is 2. The Bertz CT molecular complexity index is 932. The summed E-state index contributed by atoms with van der Waals surface area (Å²) in [5.41, 5.74) is 0.740. The summed E-state index contributed by atoms with van der Waals surface area (Å²) >= 11 is 0. The first-order valence-electron chi connectivity index (χ1n) is 8.67. The molecule has 144 valence electrons. The first-order chi connectivity index (χ1) is 12.9. The number of nitrogens with zero attached hydrogens (tertiary/aromatic N) is 3. The molecule has 1 amide bonds. The maximum absolute atomic E-state index is 12.6. The first kappa shape index (κ1) is 19.1. The number of hydrogen-bond donors (Lipinski definition) is 1.